The number of fused-ring (bicyclic) bond motifs is 1. The van der Waals surface area contributed by atoms with Crippen LogP contribution in [0.15, 0.2) is 24.5 Å². The van der Waals surface area contributed by atoms with Gasteiger partial charge in [0, 0.05) is 38.6 Å². The number of imidazole rings is 1. The molecule has 0 amide bonds. The van der Waals surface area contributed by atoms with E-state index in [-0.39, 0.29) is 0 Å². The average Bonchev–Trinajstić information content (AvgIpc) is 2.77. The van der Waals surface area contributed by atoms with Crippen LogP contribution in [0.5, 0.6) is 0 Å². The molecule has 0 unspecified atom stereocenters. The number of likely N-dealkylation sites (N-methyl/N-ethyl adjacent to an activating group) is 1. The fourth-order valence-electron chi connectivity index (χ4n) is 2.41. The average molecular weight is 230 g/mol. The minimum atomic E-state index is 1.04. The van der Waals surface area contributed by atoms with Gasteiger partial charge in [-0.1, -0.05) is 0 Å². The number of hydrogen-bond acceptors (Lipinski definition) is 3. The fourth-order valence-corrected chi connectivity index (χ4v) is 2.41. The smallest absolute Gasteiger partial charge is 0.138 e. The largest absolute Gasteiger partial charge is 0.355 e. The second-order valence-electron chi connectivity index (χ2n) is 4.84. The molecule has 3 heterocycles. The first kappa shape index (κ1) is 10.6. The van der Waals surface area contributed by atoms with Gasteiger partial charge in [-0.05, 0) is 31.7 Å². The number of aryl methyl sites for hydroxylation is 1. The van der Waals surface area contributed by atoms with Gasteiger partial charge in [-0.25, -0.2) is 4.98 Å². The Morgan fingerprint density at radius 3 is 2.65 bits per heavy atom. The Bertz CT molecular complexity index is 523. The predicted octanol–water partition coefficient (Wildman–Crippen LogP) is 1.39. The highest BCUT2D eigenvalue weighted by Crippen LogP contribution is 2.20. The molecule has 0 N–H and O–H groups in total. The van der Waals surface area contributed by atoms with Crippen molar-refractivity contribution in [1.29, 1.82) is 0 Å². The molecule has 0 bridgehead atoms. The summed E-state index contributed by atoms with van der Waals surface area (Å²) < 4.78 is 2.18. The van der Waals surface area contributed by atoms with Gasteiger partial charge in [0.25, 0.3) is 0 Å². The number of anilines is 1. The minimum absolute atomic E-state index is 1.04. The highest BCUT2D eigenvalue weighted by molar-refractivity contribution is 5.54. The van der Waals surface area contributed by atoms with Crippen LogP contribution in [-0.2, 0) is 0 Å². The van der Waals surface area contributed by atoms with Crippen molar-refractivity contribution in [2.75, 3.05) is 38.1 Å². The van der Waals surface area contributed by atoms with E-state index in [4.69, 9.17) is 0 Å². The first-order chi connectivity index (χ1) is 8.24. The summed E-state index contributed by atoms with van der Waals surface area (Å²) in [5.74, 6) is 1.27. The molecule has 2 aromatic heterocycles. The van der Waals surface area contributed by atoms with Gasteiger partial charge in [-0.2, -0.15) is 0 Å². The monoisotopic (exact) mass is 230 g/mol. The molecule has 0 spiro atoms. The van der Waals surface area contributed by atoms with Crippen molar-refractivity contribution in [1.82, 2.24) is 14.3 Å². The lowest BCUT2D eigenvalue weighted by molar-refractivity contribution is 0.312. The van der Waals surface area contributed by atoms with E-state index in [1.54, 1.807) is 0 Å². The molecule has 0 atom stereocenters. The Hall–Kier alpha value is -1.55. The summed E-state index contributed by atoms with van der Waals surface area (Å²) in [7, 11) is 2.18. The Kier molecular flexibility index (Phi) is 2.52. The number of hydrogen-bond donors (Lipinski definition) is 0. The third kappa shape index (κ3) is 1.89. The van der Waals surface area contributed by atoms with Crippen LogP contribution in [0.25, 0.3) is 5.65 Å². The molecule has 0 radical (unpaired) electrons. The normalized spacial score (nSPS) is 17.9. The second kappa shape index (κ2) is 4.04. The van der Waals surface area contributed by atoms with Gasteiger partial charge in [-0.15, -0.1) is 0 Å². The lowest BCUT2D eigenvalue weighted by atomic mass is 10.2. The highest BCUT2D eigenvalue weighted by Gasteiger charge is 2.16. The van der Waals surface area contributed by atoms with Crippen LogP contribution in [0.1, 0.15) is 5.56 Å². The molecule has 3 rings (SSSR count). The van der Waals surface area contributed by atoms with Crippen LogP contribution in [-0.4, -0.2) is 47.5 Å². The third-order valence-corrected chi connectivity index (χ3v) is 3.46. The van der Waals surface area contributed by atoms with Crippen molar-refractivity contribution in [2.45, 2.75) is 6.92 Å². The van der Waals surface area contributed by atoms with Crippen LogP contribution in [0.2, 0.25) is 0 Å². The molecule has 1 aliphatic rings. The lowest BCUT2D eigenvalue weighted by Crippen LogP contribution is -2.45. The molecule has 1 saturated heterocycles. The summed E-state index contributed by atoms with van der Waals surface area (Å²) in [6.45, 7) is 6.57. The van der Waals surface area contributed by atoms with Gasteiger partial charge in [0.2, 0.25) is 0 Å². The van der Waals surface area contributed by atoms with Crippen molar-refractivity contribution in [3.05, 3.63) is 30.1 Å². The van der Waals surface area contributed by atoms with Crippen molar-refractivity contribution >= 4 is 11.5 Å². The highest BCUT2D eigenvalue weighted by atomic mass is 15.3. The van der Waals surface area contributed by atoms with Gasteiger partial charge < -0.3 is 9.80 Å². The Morgan fingerprint density at radius 2 is 1.88 bits per heavy atom. The number of aromatic nitrogens is 2. The summed E-state index contributed by atoms with van der Waals surface area (Å²) in [4.78, 5) is 9.19. The number of nitrogens with zero attached hydrogens (tertiary/aromatic N) is 4. The molecule has 1 aliphatic heterocycles. The summed E-state index contributed by atoms with van der Waals surface area (Å²) in [5.41, 5.74) is 2.32. The van der Waals surface area contributed by atoms with E-state index in [1.165, 1.54) is 11.4 Å². The van der Waals surface area contributed by atoms with Crippen molar-refractivity contribution in [2.24, 2.45) is 0 Å². The van der Waals surface area contributed by atoms with Gasteiger partial charge in [0.05, 0.1) is 0 Å². The maximum Gasteiger partial charge on any atom is 0.138 e. The first-order valence-corrected chi connectivity index (χ1v) is 6.11. The van der Waals surface area contributed by atoms with E-state index in [0.717, 1.165) is 31.8 Å². The van der Waals surface area contributed by atoms with Crippen molar-refractivity contribution in [3.63, 3.8) is 0 Å². The van der Waals surface area contributed by atoms with Gasteiger partial charge >= 0.3 is 0 Å². The van der Waals surface area contributed by atoms with E-state index < -0.39 is 0 Å². The van der Waals surface area contributed by atoms with Crippen LogP contribution in [0.3, 0.4) is 0 Å². The van der Waals surface area contributed by atoms with E-state index in [9.17, 15) is 0 Å². The van der Waals surface area contributed by atoms with Gasteiger partial charge in [-0.3, -0.25) is 4.40 Å². The summed E-state index contributed by atoms with van der Waals surface area (Å²) in [6, 6.07) is 4.37. The van der Waals surface area contributed by atoms with E-state index in [2.05, 4.69) is 45.3 Å². The quantitative estimate of drug-likeness (QED) is 0.740. The zero-order chi connectivity index (χ0) is 11.8. The molecule has 0 saturated carbocycles. The molecule has 0 aliphatic carbocycles. The van der Waals surface area contributed by atoms with Gasteiger partial charge in [0.15, 0.2) is 0 Å². The number of pyridine rings is 1. The van der Waals surface area contributed by atoms with Crippen molar-refractivity contribution in [3.8, 4) is 0 Å². The second-order valence-corrected chi connectivity index (χ2v) is 4.84. The van der Waals surface area contributed by atoms with Crippen molar-refractivity contribution < 1.29 is 0 Å². The Labute approximate surface area is 101 Å². The molecule has 4 nitrogen and oxygen atoms in total. The topological polar surface area (TPSA) is 23.8 Å². The molecular formula is C13H18N4. The lowest BCUT2D eigenvalue weighted by Gasteiger charge is -2.34. The molecular weight excluding hydrogens is 212 g/mol. The summed E-state index contributed by atoms with van der Waals surface area (Å²) >= 11 is 0. The Morgan fingerprint density at radius 1 is 1.12 bits per heavy atom. The summed E-state index contributed by atoms with van der Waals surface area (Å²) in [5, 5.41) is 0. The molecule has 90 valence electrons. The predicted molar refractivity (Wildman–Crippen MR) is 69.6 cm³/mol. The van der Waals surface area contributed by atoms with Crippen LogP contribution in [0, 0.1) is 6.92 Å². The van der Waals surface area contributed by atoms with Crippen LogP contribution < -0.4 is 4.90 Å². The van der Waals surface area contributed by atoms with E-state index in [0.29, 0.717) is 0 Å². The van der Waals surface area contributed by atoms with E-state index >= 15 is 0 Å². The third-order valence-electron chi connectivity index (χ3n) is 3.46. The number of rotatable bonds is 1. The SMILES string of the molecule is Cc1cc(N2CCN(C)CC2)n2ccnc2c1. The Balaban J connectivity index is 2.01. The van der Waals surface area contributed by atoms with E-state index in [1.807, 2.05) is 12.4 Å². The fraction of sp³-hybridized carbons (Fsp3) is 0.462. The van der Waals surface area contributed by atoms with Gasteiger partial charge in [0.1, 0.15) is 11.5 Å². The number of piperazine rings is 1. The molecule has 0 aromatic carbocycles. The first-order valence-electron chi connectivity index (χ1n) is 6.11. The molecule has 17 heavy (non-hydrogen) atoms. The molecule has 1 fully saturated rings. The van der Waals surface area contributed by atoms with Crippen LogP contribution >= 0.6 is 0 Å². The molecule has 2 aromatic rings. The minimum Gasteiger partial charge on any atom is -0.355 e. The maximum atomic E-state index is 4.38. The van der Waals surface area contributed by atoms with Crippen LogP contribution in [0.4, 0.5) is 5.82 Å². The zero-order valence-corrected chi connectivity index (χ0v) is 10.4. The standard InChI is InChI=1S/C13H18N4/c1-11-9-12-14-3-4-17(12)13(10-11)16-7-5-15(2)6-8-16/h3-4,9-10H,5-8H2,1-2H3. The zero-order valence-electron chi connectivity index (χ0n) is 10.4. The maximum absolute atomic E-state index is 4.38. The molecule has 4 heteroatoms. The summed E-state index contributed by atoms with van der Waals surface area (Å²) in [6.07, 6.45) is 3.91.